The van der Waals surface area contributed by atoms with Crippen LogP contribution in [0.25, 0.3) is 22.6 Å². The van der Waals surface area contributed by atoms with E-state index in [4.69, 9.17) is 16.2 Å². The Kier molecular flexibility index (Phi) is 6.52. The minimum absolute atomic E-state index is 0.0305. The van der Waals surface area contributed by atoms with Crippen molar-refractivity contribution in [1.82, 2.24) is 24.7 Å². The summed E-state index contributed by atoms with van der Waals surface area (Å²) in [5.41, 5.74) is 13.9. The number of nitrogens with zero attached hydrogens (tertiary/aromatic N) is 6. The molecule has 38 heavy (non-hydrogen) atoms. The van der Waals surface area contributed by atoms with E-state index in [-0.39, 0.29) is 47.6 Å². The summed E-state index contributed by atoms with van der Waals surface area (Å²) in [5.74, 6) is -1.11. The van der Waals surface area contributed by atoms with Gasteiger partial charge in [0.05, 0.1) is 25.6 Å². The average molecular weight is 517 g/mol. The van der Waals surface area contributed by atoms with Gasteiger partial charge in [-0.15, -0.1) is 0 Å². The van der Waals surface area contributed by atoms with E-state index < -0.39 is 11.9 Å². The van der Waals surface area contributed by atoms with Gasteiger partial charge in [-0.2, -0.15) is 5.10 Å². The van der Waals surface area contributed by atoms with Crippen LogP contribution in [0.4, 0.5) is 30.9 Å². The van der Waals surface area contributed by atoms with E-state index in [2.05, 4.69) is 20.1 Å². The number of benzene rings is 2. The van der Waals surface area contributed by atoms with E-state index in [0.29, 0.717) is 22.3 Å². The van der Waals surface area contributed by atoms with Gasteiger partial charge >= 0.3 is 6.09 Å². The minimum Gasteiger partial charge on any atom is -0.452 e. The fraction of sp³-hybridized carbons (Fsp3) is 0.115. The lowest BCUT2D eigenvalue weighted by Gasteiger charge is -2.23. The molecule has 0 saturated heterocycles. The van der Waals surface area contributed by atoms with Crippen LogP contribution in [-0.2, 0) is 17.8 Å². The number of ether oxygens (including phenoxy) is 1. The molecule has 5 rings (SSSR count). The van der Waals surface area contributed by atoms with E-state index in [0.717, 1.165) is 4.90 Å². The Morgan fingerprint density at radius 2 is 1.58 bits per heavy atom. The molecule has 192 valence electrons. The van der Waals surface area contributed by atoms with Gasteiger partial charge in [0, 0.05) is 17.3 Å². The Balaban J connectivity index is 1.58. The molecule has 0 fully saturated rings. The summed E-state index contributed by atoms with van der Waals surface area (Å²) in [6.45, 7) is -0.109. The van der Waals surface area contributed by atoms with Crippen molar-refractivity contribution < 1.29 is 18.3 Å². The molecule has 2 aromatic carbocycles. The summed E-state index contributed by atoms with van der Waals surface area (Å²) < 4.78 is 35.1. The third-order valence-corrected chi connectivity index (χ3v) is 5.89. The molecule has 0 bridgehead atoms. The molecule has 10 nitrogen and oxygen atoms in total. The van der Waals surface area contributed by atoms with Gasteiger partial charge < -0.3 is 16.2 Å². The molecule has 0 aliphatic heterocycles. The van der Waals surface area contributed by atoms with Crippen LogP contribution in [0.2, 0.25) is 0 Å². The summed E-state index contributed by atoms with van der Waals surface area (Å²) in [5, 5.41) is 5.17. The number of carbonyl (C=O) groups is 1. The number of nitrogen functional groups attached to an aromatic ring is 2. The van der Waals surface area contributed by atoms with Crippen LogP contribution in [0.5, 0.6) is 0 Å². The highest BCUT2D eigenvalue weighted by atomic mass is 19.1. The van der Waals surface area contributed by atoms with E-state index in [9.17, 15) is 13.6 Å². The number of hydrogen-bond acceptors (Lipinski definition) is 8. The minimum atomic E-state index is -0.827. The molecule has 0 saturated carbocycles. The normalized spacial score (nSPS) is 11.0. The second-order valence-corrected chi connectivity index (χ2v) is 8.29. The van der Waals surface area contributed by atoms with Crippen LogP contribution in [0.15, 0.2) is 66.9 Å². The number of pyridine rings is 1. The van der Waals surface area contributed by atoms with E-state index in [1.165, 1.54) is 36.1 Å². The Morgan fingerprint density at radius 1 is 0.947 bits per heavy atom. The number of hydrogen-bond donors (Lipinski definition) is 2. The number of methoxy groups -OCH3 is 1. The standard InChI is InChI=1S/C26H22F2N8O2/c1-38-26(37)35(13-15-7-2-4-10-18(15)27)21-22(29)32-24(33-23(21)30)20-17-9-6-12-31-25(17)36(34-20)14-16-8-3-5-11-19(16)28/h2-12H,13-14H2,1H3,(H4,29,30,32,33). The number of amides is 1. The lowest BCUT2D eigenvalue weighted by Crippen LogP contribution is -2.32. The number of anilines is 3. The van der Waals surface area contributed by atoms with Gasteiger partial charge in [-0.05, 0) is 24.3 Å². The third kappa shape index (κ3) is 4.54. The predicted octanol–water partition coefficient (Wildman–Crippen LogP) is 4.15. The zero-order valence-corrected chi connectivity index (χ0v) is 20.2. The first-order valence-electron chi connectivity index (χ1n) is 11.4. The zero-order chi connectivity index (χ0) is 26.8. The maximum atomic E-state index is 14.3. The molecular weight excluding hydrogens is 494 g/mol. The average Bonchev–Trinajstić information content (AvgIpc) is 3.28. The van der Waals surface area contributed by atoms with Crippen LogP contribution in [0, 0.1) is 11.6 Å². The molecule has 3 heterocycles. The smallest absolute Gasteiger partial charge is 0.414 e. The van der Waals surface area contributed by atoms with Crippen molar-refractivity contribution in [2.24, 2.45) is 0 Å². The van der Waals surface area contributed by atoms with Crippen molar-refractivity contribution in [3.8, 4) is 11.5 Å². The number of rotatable bonds is 6. The third-order valence-electron chi connectivity index (χ3n) is 5.89. The number of nitrogens with two attached hydrogens (primary N) is 2. The largest absolute Gasteiger partial charge is 0.452 e. The second kappa shape index (κ2) is 10.1. The quantitative estimate of drug-likeness (QED) is 0.343. The van der Waals surface area contributed by atoms with Crippen molar-refractivity contribution in [3.63, 3.8) is 0 Å². The summed E-state index contributed by atoms with van der Waals surface area (Å²) in [6.07, 6.45) is 0.766. The molecule has 0 aliphatic carbocycles. The van der Waals surface area contributed by atoms with Crippen molar-refractivity contribution in [2.75, 3.05) is 23.5 Å². The highest BCUT2D eigenvalue weighted by Gasteiger charge is 2.27. The molecule has 3 aromatic heterocycles. The molecule has 12 heteroatoms. The number of halogens is 2. The van der Waals surface area contributed by atoms with Gasteiger partial charge in [-0.3, -0.25) is 4.90 Å². The summed E-state index contributed by atoms with van der Waals surface area (Å²) >= 11 is 0. The predicted molar refractivity (Wildman–Crippen MR) is 138 cm³/mol. The molecule has 0 unspecified atom stereocenters. The van der Waals surface area contributed by atoms with Gasteiger partial charge in [0.2, 0.25) is 0 Å². The van der Waals surface area contributed by atoms with E-state index >= 15 is 0 Å². The Bertz CT molecular complexity index is 1630. The molecule has 0 atom stereocenters. The van der Waals surface area contributed by atoms with Gasteiger partial charge in [0.1, 0.15) is 23.0 Å². The molecule has 0 radical (unpaired) electrons. The molecule has 5 aromatic rings. The topological polar surface area (TPSA) is 138 Å². The van der Waals surface area contributed by atoms with E-state index in [1.54, 1.807) is 42.6 Å². The first kappa shape index (κ1) is 24.6. The van der Waals surface area contributed by atoms with Crippen molar-refractivity contribution in [2.45, 2.75) is 13.1 Å². The first-order valence-corrected chi connectivity index (χ1v) is 11.4. The van der Waals surface area contributed by atoms with Crippen LogP contribution in [0.1, 0.15) is 11.1 Å². The van der Waals surface area contributed by atoms with Gasteiger partial charge in [0.25, 0.3) is 0 Å². The van der Waals surface area contributed by atoms with Crippen molar-refractivity contribution >= 4 is 34.4 Å². The van der Waals surface area contributed by atoms with Crippen LogP contribution in [-0.4, -0.2) is 37.9 Å². The maximum absolute atomic E-state index is 14.3. The Morgan fingerprint density at radius 3 is 2.21 bits per heavy atom. The highest BCUT2D eigenvalue weighted by molar-refractivity contribution is 5.96. The van der Waals surface area contributed by atoms with Gasteiger partial charge in [-0.1, -0.05) is 36.4 Å². The summed E-state index contributed by atoms with van der Waals surface area (Å²) in [4.78, 5) is 26.8. The maximum Gasteiger partial charge on any atom is 0.414 e. The van der Waals surface area contributed by atoms with Crippen molar-refractivity contribution in [3.05, 3.63) is 89.6 Å². The lowest BCUT2D eigenvalue weighted by atomic mass is 10.2. The summed E-state index contributed by atoms with van der Waals surface area (Å²) in [7, 11) is 1.18. The number of carbonyl (C=O) groups excluding carboxylic acids is 1. The lowest BCUT2D eigenvalue weighted by molar-refractivity contribution is 0.178. The Labute approximate surface area is 215 Å². The van der Waals surface area contributed by atoms with Gasteiger partial charge in [0.15, 0.2) is 23.1 Å². The van der Waals surface area contributed by atoms with Crippen molar-refractivity contribution in [1.29, 1.82) is 0 Å². The SMILES string of the molecule is COC(=O)N(Cc1ccccc1F)c1c(N)nc(-c2nn(Cc3ccccc3F)c3ncccc23)nc1N. The second-order valence-electron chi connectivity index (χ2n) is 8.29. The zero-order valence-electron chi connectivity index (χ0n) is 20.2. The first-order chi connectivity index (χ1) is 18.4. The van der Waals surface area contributed by atoms with Crippen LogP contribution in [0.3, 0.4) is 0 Å². The molecule has 0 aliphatic rings. The molecule has 0 spiro atoms. The monoisotopic (exact) mass is 516 g/mol. The molecule has 4 N–H and O–H groups in total. The summed E-state index contributed by atoms with van der Waals surface area (Å²) in [6, 6.07) is 15.8. The van der Waals surface area contributed by atoms with Crippen LogP contribution < -0.4 is 16.4 Å². The van der Waals surface area contributed by atoms with E-state index in [1.807, 2.05) is 0 Å². The highest BCUT2D eigenvalue weighted by Crippen LogP contribution is 2.34. The van der Waals surface area contributed by atoms with Gasteiger partial charge in [-0.25, -0.2) is 33.2 Å². The Hall–Kier alpha value is -5.13. The fourth-order valence-electron chi connectivity index (χ4n) is 4.09. The van der Waals surface area contributed by atoms with Crippen LogP contribution >= 0.6 is 0 Å². The number of aromatic nitrogens is 5. The fourth-order valence-corrected chi connectivity index (χ4v) is 4.09. The molecule has 1 amide bonds. The number of fused-ring (bicyclic) bond motifs is 1. The molecular formula is C26H22F2N8O2.